The Kier molecular flexibility index (Phi) is 10.5. The van der Waals surface area contributed by atoms with Crippen LogP contribution in [0.4, 0.5) is 0 Å². The molecule has 3 aromatic carbocycles. The first kappa shape index (κ1) is 28.3. The van der Waals surface area contributed by atoms with Gasteiger partial charge < -0.3 is 10.5 Å². The van der Waals surface area contributed by atoms with Crippen molar-refractivity contribution in [2.45, 2.75) is 61.0 Å². The lowest BCUT2D eigenvalue weighted by atomic mass is 9.88. The number of hydrogen-bond donors (Lipinski definition) is 2. The summed E-state index contributed by atoms with van der Waals surface area (Å²) in [4.78, 5) is 2.08. The Morgan fingerprint density at radius 2 is 1.78 bits per heavy atom. The maximum atomic E-state index is 11.1. The smallest absolute Gasteiger partial charge is 0.287 e. The van der Waals surface area contributed by atoms with Crippen molar-refractivity contribution in [1.82, 2.24) is 0 Å². The van der Waals surface area contributed by atoms with Gasteiger partial charge in [0.05, 0.1) is 5.41 Å². The minimum absolute atomic E-state index is 0.517. The number of aryl methyl sites for hydroxylation is 1. The number of nitrogens with two attached hydrogens (primary N) is 1. The van der Waals surface area contributed by atoms with Gasteiger partial charge in [-0.15, -0.1) is 0 Å². The molecule has 36 heavy (non-hydrogen) atoms. The van der Waals surface area contributed by atoms with Crippen LogP contribution in [0.3, 0.4) is 0 Å². The molecular weight excluding hydrogens is 514 g/mol. The van der Waals surface area contributed by atoms with Crippen molar-refractivity contribution in [2.24, 2.45) is 5.73 Å². The number of rotatable bonds is 13. The molecule has 0 aliphatic heterocycles. The molecule has 5 nitrogen and oxygen atoms in total. The van der Waals surface area contributed by atoms with Crippen LogP contribution < -0.4 is 10.5 Å². The van der Waals surface area contributed by atoms with Gasteiger partial charge >= 0.3 is 0 Å². The quantitative estimate of drug-likeness (QED) is 0.219. The normalized spacial score (nSPS) is 13.6. The molecule has 0 spiro atoms. The standard InChI is InChI=1S/C28H32ClNO4S2/c1-2-15-28(30,17-18-36(31,32)33)16-7-10-23-13-14-26(20-27(23)29)35-25-12-6-11-24(19-25)34-21-22-8-4-3-5-9-22/h3-6,8-9,11-14,17-20H,2,7,10,15-16,21,30H2,1H3,(H,31,32,33). The van der Waals surface area contributed by atoms with Crippen molar-refractivity contribution >= 4 is 33.5 Å². The summed E-state index contributed by atoms with van der Waals surface area (Å²) in [5.74, 6) is 0.812. The van der Waals surface area contributed by atoms with E-state index in [1.807, 2.05) is 79.7 Å². The van der Waals surface area contributed by atoms with Gasteiger partial charge in [-0.3, -0.25) is 4.55 Å². The van der Waals surface area contributed by atoms with E-state index in [4.69, 9.17) is 26.6 Å². The fourth-order valence-electron chi connectivity index (χ4n) is 3.89. The number of benzene rings is 3. The van der Waals surface area contributed by atoms with E-state index in [9.17, 15) is 8.42 Å². The summed E-state index contributed by atoms with van der Waals surface area (Å²) in [6.07, 6.45) is 4.85. The lowest BCUT2D eigenvalue weighted by Gasteiger charge is -2.25. The molecule has 0 heterocycles. The second-order valence-corrected chi connectivity index (χ2v) is 11.6. The van der Waals surface area contributed by atoms with Crippen LogP contribution in [0.5, 0.6) is 5.75 Å². The fraction of sp³-hybridized carbons (Fsp3) is 0.286. The third-order valence-corrected chi connectivity index (χ3v) is 7.50. The van der Waals surface area contributed by atoms with Crippen LogP contribution in [0.15, 0.2) is 94.1 Å². The molecule has 0 radical (unpaired) electrons. The molecule has 3 rings (SSSR count). The summed E-state index contributed by atoms with van der Waals surface area (Å²) in [7, 11) is -4.20. The number of ether oxygens (including phenoxy) is 1. The highest BCUT2D eigenvalue weighted by atomic mass is 35.5. The van der Waals surface area contributed by atoms with Gasteiger partial charge in [0.25, 0.3) is 10.1 Å². The lowest BCUT2D eigenvalue weighted by molar-refractivity contribution is 0.305. The molecule has 0 bridgehead atoms. The molecule has 0 aromatic heterocycles. The molecule has 1 unspecified atom stereocenters. The Balaban J connectivity index is 1.57. The van der Waals surface area contributed by atoms with Gasteiger partial charge in [0.1, 0.15) is 12.4 Å². The average Bonchev–Trinajstić information content (AvgIpc) is 2.84. The highest BCUT2D eigenvalue weighted by molar-refractivity contribution is 7.99. The van der Waals surface area contributed by atoms with E-state index in [-0.39, 0.29) is 0 Å². The number of halogens is 1. The van der Waals surface area contributed by atoms with Crippen LogP contribution in [0.2, 0.25) is 5.02 Å². The lowest BCUT2D eigenvalue weighted by Crippen LogP contribution is -2.37. The van der Waals surface area contributed by atoms with E-state index in [0.29, 0.717) is 24.5 Å². The van der Waals surface area contributed by atoms with Crippen LogP contribution in [0.25, 0.3) is 0 Å². The van der Waals surface area contributed by atoms with Crippen LogP contribution >= 0.6 is 23.4 Å². The molecule has 3 N–H and O–H groups in total. The van der Waals surface area contributed by atoms with Gasteiger partial charge in [-0.1, -0.05) is 85.2 Å². The first-order chi connectivity index (χ1) is 17.2. The molecule has 0 aliphatic rings. The summed E-state index contributed by atoms with van der Waals surface area (Å²) in [6.45, 7) is 2.50. The first-order valence-electron chi connectivity index (χ1n) is 11.8. The highest BCUT2D eigenvalue weighted by Crippen LogP contribution is 2.33. The SMILES string of the molecule is CCCC(N)(C=CS(=O)(=O)O)CCCc1ccc(Sc2cccc(OCc3ccccc3)c2)cc1Cl. The molecule has 8 heteroatoms. The largest absolute Gasteiger partial charge is 0.489 e. The maximum Gasteiger partial charge on any atom is 0.287 e. The Morgan fingerprint density at radius 1 is 1.03 bits per heavy atom. The zero-order valence-corrected chi connectivity index (χ0v) is 22.7. The Hall–Kier alpha value is -2.29. The van der Waals surface area contributed by atoms with E-state index in [2.05, 4.69) is 0 Å². The third-order valence-electron chi connectivity index (χ3n) is 5.69. The van der Waals surface area contributed by atoms with Gasteiger partial charge in [0, 0.05) is 20.4 Å². The van der Waals surface area contributed by atoms with Crippen LogP contribution in [0.1, 0.15) is 43.7 Å². The molecule has 1 atom stereocenters. The van der Waals surface area contributed by atoms with Gasteiger partial charge in [-0.25, -0.2) is 0 Å². The molecule has 0 saturated heterocycles. The van der Waals surface area contributed by atoms with E-state index in [1.54, 1.807) is 11.8 Å². The monoisotopic (exact) mass is 545 g/mol. The minimum atomic E-state index is -4.20. The fourth-order valence-corrected chi connectivity index (χ4v) is 5.57. The summed E-state index contributed by atoms with van der Waals surface area (Å²) in [5, 5.41) is 1.46. The van der Waals surface area contributed by atoms with Gasteiger partial charge in [0.2, 0.25) is 0 Å². The molecule has 192 valence electrons. The predicted octanol–water partition coefficient (Wildman–Crippen LogP) is 7.29. The van der Waals surface area contributed by atoms with Crippen molar-refractivity contribution in [1.29, 1.82) is 0 Å². The molecule has 0 amide bonds. The van der Waals surface area contributed by atoms with Gasteiger partial charge in [-0.05, 0) is 67.1 Å². The van der Waals surface area contributed by atoms with Crippen LogP contribution in [-0.4, -0.2) is 18.5 Å². The Morgan fingerprint density at radius 3 is 2.47 bits per heavy atom. The molecular formula is C28H32ClNO4S2. The molecule has 0 aliphatic carbocycles. The third kappa shape index (κ3) is 9.64. The summed E-state index contributed by atoms with van der Waals surface area (Å²) in [5.41, 5.74) is 7.73. The van der Waals surface area contributed by atoms with E-state index >= 15 is 0 Å². The van der Waals surface area contributed by atoms with Crippen molar-refractivity contribution in [3.8, 4) is 5.75 Å². The predicted molar refractivity (Wildman–Crippen MR) is 148 cm³/mol. The molecule has 3 aromatic rings. The molecule has 0 saturated carbocycles. The van der Waals surface area contributed by atoms with E-state index in [0.717, 1.165) is 51.3 Å². The second kappa shape index (κ2) is 13.3. The molecule has 0 fully saturated rings. The van der Waals surface area contributed by atoms with Crippen molar-refractivity contribution in [3.05, 3.63) is 100 Å². The van der Waals surface area contributed by atoms with E-state index in [1.165, 1.54) is 6.08 Å². The highest BCUT2D eigenvalue weighted by Gasteiger charge is 2.21. The average molecular weight is 546 g/mol. The maximum absolute atomic E-state index is 11.1. The topological polar surface area (TPSA) is 89.6 Å². The Bertz CT molecular complexity index is 1270. The van der Waals surface area contributed by atoms with Crippen molar-refractivity contribution in [2.75, 3.05) is 0 Å². The summed E-state index contributed by atoms with van der Waals surface area (Å²) < 4.78 is 37.1. The minimum Gasteiger partial charge on any atom is -0.489 e. The van der Waals surface area contributed by atoms with Crippen molar-refractivity contribution < 1.29 is 17.7 Å². The number of hydrogen-bond acceptors (Lipinski definition) is 5. The van der Waals surface area contributed by atoms with Crippen molar-refractivity contribution in [3.63, 3.8) is 0 Å². The van der Waals surface area contributed by atoms with Gasteiger partial charge in [-0.2, -0.15) is 8.42 Å². The van der Waals surface area contributed by atoms with Crippen LogP contribution in [0, 0.1) is 0 Å². The summed E-state index contributed by atoms with van der Waals surface area (Å²) in [6, 6.07) is 24.1. The zero-order chi connectivity index (χ0) is 26.0. The van der Waals surface area contributed by atoms with E-state index < -0.39 is 15.7 Å². The summed E-state index contributed by atoms with van der Waals surface area (Å²) >= 11 is 8.20. The first-order valence-corrected chi connectivity index (χ1v) is 14.5. The zero-order valence-electron chi connectivity index (χ0n) is 20.3. The van der Waals surface area contributed by atoms with Gasteiger partial charge in [0.15, 0.2) is 0 Å². The second-order valence-electron chi connectivity index (χ2n) is 8.76. The Labute approximate surface area is 223 Å². The van der Waals surface area contributed by atoms with Crippen LogP contribution in [-0.2, 0) is 23.1 Å².